The quantitative estimate of drug-likeness (QED) is 0.314. The van der Waals surface area contributed by atoms with Gasteiger partial charge in [0, 0.05) is 11.1 Å². The Labute approximate surface area is 112 Å². The minimum Gasteiger partial charge on any atom is -0.431 e. The first-order valence-electron chi connectivity index (χ1n) is 5.19. The lowest BCUT2D eigenvalue weighted by atomic mass is 10.4. The highest BCUT2D eigenvalue weighted by Crippen LogP contribution is 2.52. The van der Waals surface area contributed by atoms with E-state index in [0.29, 0.717) is 0 Å². The van der Waals surface area contributed by atoms with Gasteiger partial charge in [0.2, 0.25) is 13.6 Å². The van der Waals surface area contributed by atoms with Gasteiger partial charge in [0.05, 0.1) is 0 Å². The molecule has 0 radical (unpaired) electrons. The van der Waals surface area contributed by atoms with Crippen molar-refractivity contribution in [1.82, 2.24) is 0 Å². The van der Waals surface area contributed by atoms with Crippen LogP contribution in [0.5, 0.6) is 0 Å². The molecular formula is C11H18O7P+. The smallest absolute Gasteiger partial charge is 0.412 e. The second-order valence-corrected chi connectivity index (χ2v) is 5.84. The fourth-order valence-corrected chi connectivity index (χ4v) is 1.21. The van der Waals surface area contributed by atoms with Gasteiger partial charge in [-0.2, -0.15) is 4.89 Å². The number of rotatable bonds is 8. The van der Waals surface area contributed by atoms with E-state index in [1.165, 1.54) is 20.5 Å². The molecule has 0 saturated carbocycles. The summed E-state index contributed by atoms with van der Waals surface area (Å²) in [7, 11) is -3.23. The van der Waals surface area contributed by atoms with E-state index in [-0.39, 0.29) is 11.1 Å². The fourth-order valence-electron chi connectivity index (χ4n) is 0.639. The van der Waals surface area contributed by atoms with Crippen molar-refractivity contribution in [2.75, 3.05) is 20.3 Å². The van der Waals surface area contributed by atoms with Crippen LogP contribution >= 0.6 is 7.94 Å². The summed E-state index contributed by atoms with van der Waals surface area (Å²) in [4.78, 5) is 31.7. The first-order valence-corrected chi connectivity index (χ1v) is 7.22. The Morgan fingerprint density at radius 3 is 1.58 bits per heavy atom. The third kappa shape index (κ3) is 8.45. The van der Waals surface area contributed by atoms with Crippen LogP contribution in [0.25, 0.3) is 0 Å². The summed E-state index contributed by atoms with van der Waals surface area (Å²) < 4.78 is 18.9. The van der Waals surface area contributed by atoms with Crippen LogP contribution in [0.1, 0.15) is 13.8 Å². The van der Waals surface area contributed by atoms with Gasteiger partial charge in [0.1, 0.15) is 6.66 Å². The summed E-state index contributed by atoms with van der Waals surface area (Å²) in [5, 5.41) is 0. The van der Waals surface area contributed by atoms with Gasteiger partial charge in [-0.3, -0.25) is 0 Å². The Hall–Kier alpha value is -1.27. The van der Waals surface area contributed by atoms with Crippen LogP contribution in [0.3, 0.4) is 0 Å². The average Bonchev–Trinajstić information content (AvgIpc) is 2.27. The summed E-state index contributed by atoms with van der Waals surface area (Å²) in [6.45, 7) is 9.99. The van der Waals surface area contributed by atoms with Gasteiger partial charge < -0.3 is 9.47 Å². The minimum absolute atomic E-state index is 0.206. The zero-order valence-corrected chi connectivity index (χ0v) is 12.1. The second kappa shape index (κ2) is 8.01. The summed E-state index contributed by atoms with van der Waals surface area (Å²) in [5.41, 5.74) is 0.413. The fraction of sp³-hybridized carbons (Fsp3) is 0.455. The predicted molar refractivity (Wildman–Crippen MR) is 68.8 cm³/mol. The molecule has 108 valence electrons. The first kappa shape index (κ1) is 17.7. The summed E-state index contributed by atoms with van der Waals surface area (Å²) >= 11 is 0. The highest BCUT2D eigenvalue weighted by atomic mass is 31.2. The molecule has 0 heterocycles. The molecule has 1 N–H and O–H groups in total. The van der Waals surface area contributed by atoms with Gasteiger partial charge in [0.25, 0.3) is 0 Å². The molecule has 0 atom stereocenters. The average molecular weight is 293 g/mol. The van der Waals surface area contributed by atoms with Crippen molar-refractivity contribution in [3.05, 3.63) is 24.3 Å². The van der Waals surface area contributed by atoms with Crippen LogP contribution in [0.15, 0.2) is 24.3 Å². The largest absolute Gasteiger partial charge is 0.431 e. The molecule has 0 fully saturated rings. The molecule has 0 rings (SSSR count). The van der Waals surface area contributed by atoms with Crippen LogP contribution < -0.4 is 0 Å². The summed E-state index contributed by atoms with van der Waals surface area (Å²) in [6.07, 6.45) is 0. The number of carbonyl (C=O) groups is 2. The molecule has 19 heavy (non-hydrogen) atoms. The zero-order chi connectivity index (χ0) is 15.1. The molecule has 0 amide bonds. The van der Waals surface area contributed by atoms with Gasteiger partial charge in [-0.05, 0) is 13.8 Å². The molecular weight excluding hydrogens is 275 g/mol. The SMILES string of the molecule is C=C(C)C(=O)OCO[P+](C)(O)OCOC(=O)C(=C)C. The summed E-state index contributed by atoms with van der Waals surface area (Å²) in [5.74, 6) is -1.29. The van der Waals surface area contributed by atoms with E-state index in [1.807, 2.05) is 0 Å². The van der Waals surface area contributed by atoms with Crippen molar-refractivity contribution in [2.45, 2.75) is 13.8 Å². The van der Waals surface area contributed by atoms with Crippen LogP contribution in [0, 0.1) is 0 Å². The maximum Gasteiger partial charge on any atom is 0.412 e. The molecule has 0 aromatic heterocycles. The Morgan fingerprint density at radius 1 is 1.00 bits per heavy atom. The van der Waals surface area contributed by atoms with Crippen molar-refractivity contribution in [3.63, 3.8) is 0 Å². The standard InChI is InChI=1S/C11H18O7P/c1-8(2)10(12)15-6-17-19(5,14)18-7-16-11(13)9(3)4/h14H,1,3,6-7H2,2,4-5H3/q+1. The minimum atomic E-state index is -3.23. The van der Waals surface area contributed by atoms with E-state index in [9.17, 15) is 14.5 Å². The molecule has 0 aromatic carbocycles. The molecule has 0 aliphatic rings. The van der Waals surface area contributed by atoms with Crippen molar-refractivity contribution < 1.29 is 33.0 Å². The van der Waals surface area contributed by atoms with E-state index >= 15 is 0 Å². The molecule has 0 unspecified atom stereocenters. The summed E-state index contributed by atoms with van der Waals surface area (Å²) in [6, 6.07) is 0. The Morgan fingerprint density at radius 2 is 1.32 bits per heavy atom. The normalized spacial score (nSPS) is 10.7. The first-order chi connectivity index (χ1) is 8.65. The van der Waals surface area contributed by atoms with Crippen LogP contribution in [0.2, 0.25) is 0 Å². The predicted octanol–water partition coefficient (Wildman–Crippen LogP) is 1.56. The molecule has 8 heteroatoms. The molecule has 0 aromatic rings. The Kier molecular flexibility index (Phi) is 7.48. The van der Waals surface area contributed by atoms with E-state index in [4.69, 9.17) is 9.05 Å². The molecule has 0 spiro atoms. The van der Waals surface area contributed by atoms with Gasteiger partial charge in [0.15, 0.2) is 0 Å². The zero-order valence-electron chi connectivity index (χ0n) is 11.2. The van der Waals surface area contributed by atoms with Crippen LogP contribution in [0.4, 0.5) is 0 Å². The van der Waals surface area contributed by atoms with Crippen LogP contribution in [-0.2, 0) is 28.1 Å². The van der Waals surface area contributed by atoms with Gasteiger partial charge in [-0.25, -0.2) is 9.59 Å². The highest BCUT2D eigenvalue weighted by Gasteiger charge is 2.35. The van der Waals surface area contributed by atoms with E-state index < -0.39 is 33.5 Å². The van der Waals surface area contributed by atoms with Crippen molar-refractivity contribution >= 4 is 19.9 Å². The monoisotopic (exact) mass is 293 g/mol. The number of ether oxygens (including phenoxy) is 2. The van der Waals surface area contributed by atoms with Crippen molar-refractivity contribution in [3.8, 4) is 0 Å². The lowest BCUT2D eigenvalue weighted by molar-refractivity contribution is -0.148. The maximum atomic E-state index is 11.0. The third-order valence-corrected chi connectivity index (χ3v) is 2.83. The lowest BCUT2D eigenvalue weighted by Gasteiger charge is -2.12. The van der Waals surface area contributed by atoms with Crippen LogP contribution in [-0.4, -0.2) is 37.1 Å². The van der Waals surface area contributed by atoms with E-state index in [2.05, 4.69) is 22.6 Å². The molecule has 0 saturated heterocycles. The highest BCUT2D eigenvalue weighted by molar-refractivity contribution is 7.59. The van der Waals surface area contributed by atoms with Crippen molar-refractivity contribution in [2.24, 2.45) is 0 Å². The maximum absolute atomic E-state index is 11.0. The lowest BCUT2D eigenvalue weighted by Crippen LogP contribution is -2.13. The Balaban J connectivity index is 3.92. The van der Waals surface area contributed by atoms with Gasteiger partial charge in [-0.15, -0.1) is 9.05 Å². The Bertz CT molecular complexity index is 341. The van der Waals surface area contributed by atoms with E-state index in [1.54, 1.807) is 0 Å². The topological polar surface area (TPSA) is 91.3 Å². The van der Waals surface area contributed by atoms with Gasteiger partial charge in [-0.1, -0.05) is 13.2 Å². The molecule has 7 nitrogen and oxygen atoms in total. The number of esters is 2. The molecule has 0 aliphatic carbocycles. The number of carbonyl (C=O) groups excluding carboxylic acids is 2. The van der Waals surface area contributed by atoms with Gasteiger partial charge >= 0.3 is 19.9 Å². The van der Waals surface area contributed by atoms with Crippen molar-refractivity contribution in [1.29, 1.82) is 0 Å². The molecule has 0 aliphatic heterocycles. The number of hydrogen-bond acceptors (Lipinski definition) is 7. The third-order valence-electron chi connectivity index (χ3n) is 1.66. The molecule has 0 bridgehead atoms. The van der Waals surface area contributed by atoms with E-state index in [0.717, 1.165) is 0 Å². The number of hydrogen-bond donors (Lipinski definition) is 1. The second-order valence-electron chi connectivity index (χ2n) is 3.72.